The fraction of sp³-hybridized carbons (Fsp3) is 0.538. The Labute approximate surface area is 106 Å². The van der Waals surface area contributed by atoms with Crippen LogP contribution < -0.4 is 4.90 Å². The molecule has 5 heteroatoms. The summed E-state index contributed by atoms with van der Waals surface area (Å²) in [6, 6.07) is 3.14. The second kappa shape index (κ2) is 5.82. The van der Waals surface area contributed by atoms with Crippen molar-refractivity contribution in [3.63, 3.8) is 0 Å². The van der Waals surface area contributed by atoms with E-state index < -0.39 is 5.97 Å². The normalized spacial score (nSPS) is 20.5. The molecule has 2 rings (SSSR count). The summed E-state index contributed by atoms with van der Waals surface area (Å²) in [5, 5.41) is 8.99. The van der Waals surface area contributed by atoms with Gasteiger partial charge in [0.2, 0.25) is 0 Å². The van der Waals surface area contributed by atoms with Gasteiger partial charge in [-0.05, 0) is 25.0 Å². The number of carbonyl (C=O) groups is 1. The maximum atomic E-state index is 11.0. The second-order valence-electron chi connectivity index (χ2n) is 4.41. The standard InChI is InChI=1S/C13H18N2O3/c1-2-11-9-15(6-3-7-18-11)12-8-10(13(16)17)4-5-14-12/h4-5,8,11H,2-3,6-7,9H2,1H3,(H,16,17). The van der Waals surface area contributed by atoms with Gasteiger partial charge in [-0.1, -0.05) is 6.92 Å². The van der Waals surface area contributed by atoms with E-state index in [0.29, 0.717) is 0 Å². The van der Waals surface area contributed by atoms with Crippen LogP contribution in [0.1, 0.15) is 30.1 Å². The Morgan fingerprint density at radius 1 is 1.67 bits per heavy atom. The lowest BCUT2D eigenvalue weighted by Gasteiger charge is -2.24. The van der Waals surface area contributed by atoms with Gasteiger partial charge in [-0.25, -0.2) is 9.78 Å². The van der Waals surface area contributed by atoms with Crippen LogP contribution in [-0.2, 0) is 4.74 Å². The molecular formula is C13H18N2O3. The molecule has 0 bridgehead atoms. The zero-order valence-electron chi connectivity index (χ0n) is 10.5. The molecule has 0 saturated carbocycles. The van der Waals surface area contributed by atoms with E-state index in [1.807, 2.05) is 0 Å². The van der Waals surface area contributed by atoms with Gasteiger partial charge in [-0.15, -0.1) is 0 Å². The van der Waals surface area contributed by atoms with E-state index in [1.165, 1.54) is 6.07 Å². The van der Waals surface area contributed by atoms with E-state index in [-0.39, 0.29) is 11.7 Å². The first-order valence-corrected chi connectivity index (χ1v) is 6.26. The largest absolute Gasteiger partial charge is 0.478 e. The van der Waals surface area contributed by atoms with E-state index in [1.54, 1.807) is 12.3 Å². The van der Waals surface area contributed by atoms with Crippen LogP contribution in [0.2, 0.25) is 0 Å². The van der Waals surface area contributed by atoms with Crippen molar-refractivity contribution in [2.45, 2.75) is 25.9 Å². The topological polar surface area (TPSA) is 62.7 Å². The van der Waals surface area contributed by atoms with Crippen molar-refractivity contribution >= 4 is 11.8 Å². The highest BCUT2D eigenvalue weighted by molar-refractivity contribution is 5.88. The summed E-state index contributed by atoms with van der Waals surface area (Å²) in [6.45, 7) is 4.47. The lowest BCUT2D eigenvalue weighted by molar-refractivity contribution is 0.0664. The highest BCUT2D eigenvalue weighted by Gasteiger charge is 2.19. The molecule has 1 aliphatic rings. The van der Waals surface area contributed by atoms with Gasteiger partial charge in [0.1, 0.15) is 5.82 Å². The molecule has 2 heterocycles. The lowest BCUT2D eigenvalue weighted by atomic mass is 10.2. The molecule has 1 N–H and O–H groups in total. The summed E-state index contributed by atoms with van der Waals surface area (Å²) in [5.41, 5.74) is 0.276. The third-order valence-corrected chi connectivity index (χ3v) is 3.12. The van der Waals surface area contributed by atoms with Crippen molar-refractivity contribution in [3.8, 4) is 0 Å². The molecule has 1 fully saturated rings. The van der Waals surface area contributed by atoms with Crippen LogP contribution in [0.15, 0.2) is 18.3 Å². The highest BCUT2D eigenvalue weighted by atomic mass is 16.5. The molecule has 1 atom stereocenters. The van der Waals surface area contributed by atoms with Gasteiger partial charge in [-0.3, -0.25) is 0 Å². The number of ether oxygens (including phenoxy) is 1. The van der Waals surface area contributed by atoms with Gasteiger partial charge < -0.3 is 14.7 Å². The van der Waals surface area contributed by atoms with Gasteiger partial charge in [-0.2, -0.15) is 0 Å². The van der Waals surface area contributed by atoms with Crippen molar-refractivity contribution in [1.82, 2.24) is 4.98 Å². The van der Waals surface area contributed by atoms with Crippen LogP contribution in [0.5, 0.6) is 0 Å². The molecule has 0 aromatic carbocycles. The molecule has 1 unspecified atom stereocenters. The van der Waals surface area contributed by atoms with E-state index in [4.69, 9.17) is 9.84 Å². The van der Waals surface area contributed by atoms with Gasteiger partial charge in [0.25, 0.3) is 0 Å². The Morgan fingerprint density at radius 2 is 2.50 bits per heavy atom. The Hall–Kier alpha value is -1.62. The summed E-state index contributed by atoms with van der Waals surface area (Å²) in [6.07, 6.45) is 3.64. The van der Waals surface area contributed by atoms with Crippen molar-refractivity contribution in [3.05, 3.63) is 23.9 Å². The second-order valence-corrected chi connectivity index (χ2v) is 4.41. The third kappa shape index (κ3) is 2.98. The molecule has 0 radical (unpaired) electrons. The number of anilines is 1. The number of carboxylic acid groups (broad SMARTS) is 1. The molecule has 5 nitrogen and oxygen atoms in total. The van der Waals surface area contributed by atoms with Gasteiger partial charge in [0.15, 0.2) is 0 Å². The summed E-state index contributed by atoms with van der Waals surface area (Å²) < 4.78 is 5.70. The van der Waals surface area contributed by atoms with Crippen molar-refractivity contribution in [2.24, 2.45) is 0 Å². The van der Waals surface area contributed by atoms with E-state index in [9.17, 15) is 4.79 Å². The van der Waals surface area contributed by atoms with Gasteiger partial charge >= 0.3 is 5.97 Å². The molecule has 98 valence electrons. The van der Waals surface area contributed by atoms with Crippen LogP contribution in [0.25, 0.3) is 0 Å². The molecule has 0 spiro atoms. The fourth-order valence-electron chi connectivity index (χ4n) is 2.07. The molecular weight excluding hydrogens is 232 g/mol. The maximum absolute atomic E-state index is 11.0. The van der Waals surface area contributed by atoms with Crippen LogP contribution in [-0.4, -0.2) is 41.9 Å². The fourth-order valence-corrected chi connectivity index (χ4v) is 2.07. The number of hydrogen-bond donors (Lipinski definition) is 1. The molecule has 1 aromatic rings. The molecule has 1 saturated heterocycles. The smallest absolute Gasteiger partial charge is 0.335 e. The van der Waals surface area contributed by atoms with Crippen LogP contribution in [0, 0.1) is 0 Å². The number of hydrogen-bond acceptors (Lipinski definition) is 4. The van der Waals surface area contributed by atoms with E-state index >= 15 is 0 Å². The molecule has 1 aromatic heterocycles. The minimum absolute atomic E-state index is 0.197. The average Bonchev–Trinajstić information content (AvgIpc) is 2.64. The minimum atomic E-state index is -0.920. The SMILES string of the molecule is CCC1CN(c2cc(C(=O)O)ccn2)CCCO1. The first kappa shape index (κ1) is 12.8. The first-order valence-electron chi connectivity index (χ1n) is 6.26. The summed E-state index contributed by atoms with van der Waals surface area (Å²) in [7, 11) is 0. The Bertz CT molecular complexity index is 422. The van der Waals surface area contributed by atoms with Crippen LogP contribution in [0.4, 0.5) is 5.82 Å². The number of aromatic carboxylic acids is 1. The predicted octanol–water partition coefficient (Wildman–Crippen LogP) is 1.79. The number of pyridine rings is 1. The first-order chi connectivity index (χ1) is 8.70. The Kier molecular flexibility index (Phi) is 4.15. The zero-order valence-corrected chi connectivity index (χ0v) is 10.5. The minimum Gasteiger partial charge on any atom is -0.478 e. The quantitative estimate of drug-likeness (QED) is 0.886. The van der Waals surface area contributed by atoms with Gasteiger partial charge in [0, 0.05) is 25.9 Å². The Morgan fingerprint density at radius 3 is 3.22 bits per heavy atom. The van der Waals surface area contributed by atoms with Crippen molar-refractivity contribution in [1.29, 1.82) is 0 Å². The summed E-state index contributed by atoms with van der Waals surface area (Å²) >= 11 is 0. The molecule has 0 aliphatic carbocycles. The van der Waals surface area contributed by atoms with Gasteiger partial charge in [0.05, 0.1) is 11.7 Å². The number of rotatable bonds is 3. The summed E-state index contributed by atoms with van der Waals surface area (Å²) in [5.74, 6) is -0.199. The van der Waals surface area contributed by atoms with E-state index in [2.05, 4.69) is 16.8 Å². The Balaban J connectivity index is 2.18. The lowest BCUT2D eigenvalue weighted by Crippen LogP contribution is -2.32. The maximum Gasteiger partial charge on any atom is 0.335 e. The zero-order chi connectivity index (χ0) is 13.0. The predicted molar refractivity (Wildman–Crippen MR) is 68.1 cm³/mol. The van der Waals surface area contributed by atoms with Crippen molar-refractivity contribution < 1.29 is 14.6 Å². The molecule has 1 aliphatic heterocycles. The van der Waals surface area contributed by atoms with Crippen LogP contribution in [0.3, 0.4) is 0 Å². The van der Waals surface area contributed by atoms with Crippen LogP contribution >= 0.6 is 0 Å². The molecule has 0 amide bonds. The molecule has 18 heavy (non-hydrogen) atoms. The third-order valence-electron chi connectivity index (χ3n) is 3.12. The average molecular weight is 250 g/mol. The summed E-state index contributed by atoms with van der Waals surface area (Å²) in [4.78, 5) is 17.3. The van der Waals surface area contributed by atoms with Crippen molar-refractivity contribution in [2.75, 3.05) is 24.6 Å². The monoisotopic (exact) mass is 250 g/mol. The number of aromatic nitrogens is 1. The number of nitrogens with zero attached hydrogens (tertiary/aromatic N) is 2. The van der Waals surface area contributed by atoms with E-state index in [0.717, 1.165) is 38.4 Å². The number of carboxylic acids is 1. The highest BCUT2D eigenvalue weighted by Crippen LogP contribution is 2.17.